The van der Waals surface area contributed by atoms with E-state index in [-0.39, 0.29) is 0 Å². The van der Waals surface area contributed by atoms with Gasteiger partial charge >= 0.3 is 0 Å². The number of allylic oxidation sites excluding steroid dienone is 3. The highest BCUT2D eigenvalue weighted by molar-refractivity contribution is 8.00. The maximum atomic E-state index is 2.59. The maximum absolute atomic E-state index is 2.59. The lowest BCUT2D eigenvalue weighted by atomic mass is 9.90. The van der Waals surface area contributed by atoms with Crippen LogP contribution in [-0.4, -0.2) is 14.4 Å². The second-order valence-electron chi connectivity index (χ2n) is 12.1. The van der Waals surface area contributed by atoms with Crippen LogP contribution in [0.4, 0.5) is 0 Å². The normalized spacial score (nSPS) is 17.3. The topological polar surface area (TPSA) is 9.86 Å². The highest BCUT2D eigenvalue weighted by Crippen LogP contribution is 2.53. The molecule has 3 heteroatoms. The van der Waals surface area contributed by atoms with Crippen molar-refractivity contribution >= 4 is 61.1 Å². The predicted molar refractivity (Wildman–Crippen MR) is 191 cm³/mol. The van der Waals surface area contributed by atoms with Gasteiger partial charge in [0.05, 0.1) is 27.3 Å². The Morgan fingerprint density at radius 3 is 2.16 bits per heavy atom. The zero-order valence-electron chi connectivity index (χ0n) is 24.5. The molecule has 212 valence electrons. The van der Waals surface area contributed by atoms with Crippen LogP contribution in [0, 0.1) is 0 Å². The van der Waals surface area contributed by atoms with Crippen LogP contribution < -0.4 is 0 Å². The van der Waals surface area contributed by atoms with Crippen molar-refractivity contribution < 1.29 is 0 Å². The average Bonchev–Trinajstić information content (AvgIpc) is 3.76. The molecule has 45 heavy (non-hydrogen) atoms. The van der Waals surface area contributed by atoms with Crippen LogP contribution in [0.5, 0.6) is 0 Å². The largest absolute Gasteiger partial charge is 0.311 e. The van der Waals surface area contributed by atoms with Crippen molar-refractivity contribution in [3.63, 3.8) is 0 Å². The van der Waals surface area contributed by atoms with Gasteiger partial charge in [-0.25, -0.2) is 0 Å². The molecule has 0 N–H and O–H groups in total. The van der Waals surface area contributed by atoms with Gasteiger partial charge in [-0.3, -0.25) is 0 Å². The number of rotatable bonds is 3. The fourth-order valence-electron chi connectivity index (χ4n) is 7.77. The molecule has 8 aromatic rings. The Hall–Kier alpha value is -5.25. The summed E-state index contributed by atoms with van der Waals surface area (Å²) in [6, 6.07) is 51.1. The summed E-state index contributed by atoms with van der Waals surface area (Å²) in [5.41, 5.74) is 11.4. The van der Waals surface area contributed by atoms with Crippen LogP contribution in [0.1, 0.15) is 11.5 Å². The lowest BCUT2D eigenvalue weighted by molar-refractivity contribution is 0.863. The lowest BCUT2D eigenvalue weighted by Gasteiger charge is -2.25. The summed E-state index contributed by atoms with van der Waals surface area (Å²) in [6.45, 7) is 0. The Morgan fingerprint density at radius 1 is 0.533 bits per heavy atom. The van der Waals surface area contributed by atoms with Crippen molar-refractivity contribution in [3.05, 3.63) is 163 Å². The van der Waals surface area contributed by atoms with E-state index in [2.05, 4.69) is 167 Å². The summed E-state index contributed by atoms with van der Waals surface area (Å²) in [7, 11) is 0. The molecule has 0 bridgehead atoms. The van der Waals surface area contributed by atoms with E-state index < -0.39 is 0 Å². The van der Waals surface area contributed by atoms with Crippen LogP contribution in [0.15, 0.2) is 163 Å². The minimum atomic E-state index is 0.317. The van der Waals surface area contributed by atoms with Gasteiger partial charge in [-0.05, 0) is 59.2 Å². The summed E-state index contributed by atoms with van der Waals surface area (Å²) in [5.74, 6) is 0.365. The number of aromatic nitrogens is 2. The van der Waals surface area contributed by atoms with Crippen LogP contribution in [0.25, 0.3) is 66.1 Å². The minimum absolute atomic E-state index is 0.317. The first-order valence-electron chi connectivity index (χ1n) is 15.6. The first kappa shape index (κ1) is 25.1. The number of para-hydroxylation sites is 2. The van der Waals surface area contributed by atoms with Crippen LogP contribution in [0.3, 0.4) is 0 Å². The van der Waals surface area contributed by atoms with Gasteiger partial charge in [0.1, 0.15) is 0 Å². The molecule has 0 saturated carbocycles. The van der Waals surface area contributed by atoms with Crippen molar-refractivity contribution in [1.29, 1.82) is 0 Å². The third kappa shape index (κ3) is 3.59. The zero-order valence-corrected chi connectivity index (χ0v) is 25.3. The molecule has 6 aromatic carbocycles. The minimum Gasteiger partial charge on any atom is -0.311 e. The van der Waals surface area contributed by atoms with Crippen LogP contribution in [-0.2, 0) is 0 Å². The van der Waals surface area contributed by atoms with Gasteiger partial charge in [-0.2, -0.15) is 0 Å². The van der Waals surface area contributed by atoms with Gasteiger partial charge in [0.15, 0.2) is 0 Å². The number of benzene rings is 6. The lowest BCUT2D eigenvalue weighted by Crippen LogP contribution is -2.17. The van der Waals surface area contributed by atoms with Crippen LogP contribution >= 0.6 is 11.8 Å². The van der Waals surface area contributed by atoms with E-state index >= 15 is 0 Å². The van der Waals surface area contributed by atoms with Crippen molar-refractivity contribution in [2.45, 2.75) is 16.1 Å². The summed E-state index contributed by atoms with van der Waals surface area (Å²) in [4.78, 5) is 1.39. The highest BCUT2D eigenvalue weighted by atomic mass is 32.2. The van der Waals surface area contributed by atoms with E-state index in [1.54, 1.807) is 0 Å². The zero-order chi connectivity index (χ0) is 29.5. The average molecular weight is 593 g/mol. The second-order valence-corrected chi connectivity index (χ2v) is 13.2. The SMILES string of the molecule is C1=CC2c3ccccc3SC2C(n2c3ccccc3c3ccc4c(c5ccccc5n4-c4cccc(-c5ccccc5)c4)c32)=C1. The molecule has 2 atom stereocenters. The van der Waals surface area contributed by atoms with Gasteiger partial charge in [-0.1, -0.05) is 115 Å². The third-order valence-electron chi connectivity index (χ3n) is 9.67. The van der Waals surface area contributed by atoms with Gasteiger partial charge < -0.3 is 9.13 Å². The molecule has 1 aliphatic carbocycles. The molecule has 10 rings (SSSR count). The van der Waals surface area contributed by atoms with E-state index in [1.807, 2.05) is 11.8 Å². The monoisotopic (exact) mass is 592 g/mol. The summed E-state index contributed by atoms with van der Waals surface area (Å²) in [5, 5.41) is 5.49. The molecule has 2 nitrogen and oxygen atoms in total. The number of hydrogen-bond acceptors (Lipinski definition) is 1. The molecular weight excluding hydrogens is 565 g/mol. The van der Waals surface area contributed by atoms with Gasteiger partial charge in [0, 0.05) is 43.7 Å². The fourth-order valence-corrected chi connectivity index (χ4v) is 9.23. The second kappa shape index (κ2) is 9.62. The molecule has 0 amide bonds. The van der Waals surface area contributed by atoms with E-state index in [4.69, 9.17) is 0 Å². The molecule has 0 saturated heterocycles. The summed E-state index contributed by atoms with van der Waals surface area (Å²) < 4.78 is 5.04. The fraction of sp³-hybridized carbons (Fsp3) is 0.0476. The molecule has 1 aliphatic heterocycles. The standard InChI is InChI=1S/C42H28N2S/c1-2-12-27(13-3-1)28-14-10-15-29(26-28)43-36-21-8-5-18-34(36)40-37(43)25-24-32-30-16-4-7-20-35(30)44(41(32)40)38-22-11-19-33-31-17-6-9-23-39(31)45-42(33)38/h1-26,33,42H. The van der Waals surface area contributed by atoms with Gasteiger partial charge in [0.2, 0.25) is 0 Å². The molecule has 2 aromatic heterocycles. The van der Waals surface area contributed by atoms with Crippen LogP contribution in [0.2, 0.25) is 0 Å². The van der Waals surface area contributed by atoms with Crippen molar-refractivity contribution in [1.82, 2.24) is 9.13 Å². The van der Waals surface area contributed by atoms with E-state index in [0.29, 0.717) is 11.2 Å². The van der Waals surface area contributed by atoms with Gasteiger partial charge in [-0.15, -0.1) is 11.8 Å². The van der Waals surface area contributed by atoms with Crippen molar-refractivity contribution in [2.75, 3.05) is 0 Å². The smallest absolute Gasteiger partial charge is 0.0638 e. The summed E-state index contributed by atoms with van der Waals surface area (Å²) in [6.07, 6.45) is 7.02. The molecule has 0 fully saturated rings. The molecule has 0 spiro atoms. The number of fused-ring (bicyclic) bond motifs is 10. The molecule has 2 unspecified atom stereocenters. The molecule has 0 radical (unpaired) electrons. The molecule has 2 aliphatic rings. The van der Waals surface area contributed by atoms with E-state index in [0.717, 1.165) is 0 Å². The van der Waals surface area contributed by atoms with Gasteiger partial charge in [0.25, 0.3) is 0 Å². The highest BCUT2D eigenvalue weighted by Gasteiger charge is 2.37. The first-order valence-corrected chi connectivity index (χ1v) is 16.5. The quantitative estimate of drug-likeness (QED) is 0.198. The van der Waals surface area contributed by atoms with Crippen molar-refractivity contribution in [3.8, 4) is 16.8 Å². The Kier molecular flexibility index (Phi) is 5.37. The van der Waals surface area contributed by atoms with E-state index in [9.17, 15) is 0 Å². The Labute approximate surface area is 265 Å². The third-order valence-corrected chi connectivity index (χ3v) is 11.1. The molecular formula is C42H28N2S. The number of nitrogens with zero attached hydrogens (tertiary/aromatic N) is 2. The van der Waals surface area contributed by atoms with E-state index in [1.165, 1.54) is 76.6 Å². The predicted octanol–water partition coefficient (Wildman–Crippen LogP) is 11.2. The van der Waals surface area contributed by atoms with Crippen molar-refractivity contribution in [2.24, 2.45) is 0 Å². The number of thioether (sulfide) groups is 1. The first-order chi connectivity index (χ1) is 22.3. The maximum Gasteiger partial charge on any atom is 0.0638 e. The summed E-state index contributed by atoms with van der Waals surface area (Å²) >= 11 is 2.01. The Balaban J connectivity index is 1.29. The Morgan fingerprint density at radius 2 is 1.27 bits per heavy atom. The number of hydrogen-bond donors (Lipinski definition) is 0. The Bertz CT molecular complexity index is 2530. The molecule has 3 heterocycles.